The molecule has 2 amide bonds. The number of fused-ring (bicyclic) bond motifs is 1. The molecule has 0 aromatic carbocycles. The second-order valence-corrected chi connectivity index (χ2v) is 20.3. The Kier molecular flexibility index (Phi) is 13.7. The highest BCUT2D eigenvalue weighted by molar-refractivity contribution is 6.05. The van der Waals surface area contributed by atoms with Gasteiger partial charge in [-0.1, -0.05) is 58.6 Å². The summed E-state index contributed by atoms with van der Waals surface area (Å²) in [6, 6.07) is 3.46. The van der Waals surface area contributed by atoms with E-state index in [1.165, 1.54) is 4.52 Å². The number of pyridine rings is 1. The molecule has 3 aliphatic carbocycles. The van der Waals surface area contributed by atoms with E-state index in [2.05, 4.69) is 67.4 Å². The van der Waals surface area contributed by atoms with Crippen LogP contribution in [0.1, 0.15) is 168 Å². The van der Waals surface area contributed by atoms with E-state index in [1.54, 1.807) is 24.2 Å². The molecule has 336 valence electrons. The van der Waals surface area contributed by atoms with Gasteiger partial charge in [-0.3, -0.25) is 14.9 Å². The van der Waals surface area contributed by atoms with Crippen molar-refractivity contribution in [3.8, 4) is 11.6 Å². The minimum absolute atomic E-state index is 0.00425. The second-order valence-electron chi connectivity index (χ2n) is 20.3. The number of nitrogens with zero attached hydrogens (tertiary/aromatic N) is 6. The highest BCUT2D eigenvalue weighted by Crippen LogP contribution is 2.47. The smallest absolute Gasteiger partial charge is 0.415 e. The standard InChI is InChI=1S/C49H69N7O6/c1-29(2)25-35-26-30(3)27-38(49(7,8)9)43(35)61-47(58)41-42(50-10)46(62-48(59)54-31(4)15-14-16-32(54)5)56-45(41)52-44(53-56)34-19-20-40(60-37-21-23-51-24-22-37)39(28-34)55(33(6)57)36-17-12-11-13-18-36/h21-25,30-32,34-36,38-40,43H,11-20,26-28H2,1-9H3,(H,52,53). The minimum Gasteiger partial charge on any atom is -0.488 e. The monoisotopic (exact) mass is 852 g/mol. The van der Waals surface area contributed by atoms with Crippen LogP contribution in [0.25, 0.3) is 10.5 Å². The summed E-state index contributed by atoms with van der Waals surface area (Å²) in [5, 5.41) is 3.42. The zero-order valence-corrected chi connectivity index (χ0v) is 38.5. The van der Waals surface area contributed by atoms with Gasteiger partial charge >= 0.3 is 12.1 Å². The first-order valence-corrected chi connectivity index (χ1v) is 23.3. The Balaban J connectivity index is 1.30. The Morgan fingerprint density at radius 1 is 0.919 bits per heavy atom. The van der Waals surface area contributed by atoms with Gasteiger partial charge in [0.1, 0.15) is 29.3 Å². The van der Waals surface area contributed by atoms with E-state index in [1.807, 2.05) is 26.0 Å². The van der Waals surface area contributed by atoms with Crippen LogP contribution < -0.4 is 9.47 Å². The molecular formula is C49H69N7O6. The summed E-state index contributed by atoms with van der Waals surface area (Å²) >= 11 is 0. The Morgan fingerprint density at radius 2 is 1.61 bits per heavy atom. The maximum atomic E-state index is 14.9. The molecule has 4 heterocycles. The third kappa shape index (κ3) is 9.54. The predicted octanol–water partition coefficient (Wildman–Crippen LogP) is 10.8. The van der Waals surface area contributed by atoms with E-state index < -0.39 is 18.2 Å². The normalized spacial score (nSPS) is 28.5. The molecule has 0 spiro atoms. The summed E-state index contributed by atoms with van der Waals surface area (Å²) in [7, 11) is 0. The fourth-order valence-electron chi connectivity index (χ4n) is 11.3. The number of carbonyl (C=O) groups excluding carboxylic acids is 3. The van der Waals surface area contributed by atoms with Crippen molar-refractivity contribution in [2.45, 2.75) is 188 Å². The van der Waals surface area contributed by atoms with E-state index in [0.29, 0.717) is 36.8 Å². The fourth-order valence-corrected chi connectivity index (χ4v) is 11.3. The van der Waals surface area contributed by atoms with Crippen molar-refractivity contribution >= 4 is 29.3 Å². The molecule has 3 saturated carbocycles. The molecule has 9 atom stereocenters. The van der Waals surface area contributed by atoms with E-state index in [0.717, 1.165) is 69.8 Å². The van der Waals surface area contributed by atoms with Crippen molar-refractivity contribution in [3.05, 3.63) is 59.0 Å². The summed E-state index contributed by atoms with van der Waals surface area (Å²) < 4.78 is 21.0. The predicted molar refractivity (Wildman–Crippen MR) is 238 cm³/mol. The topological polar surface area (TPSA) is 136 Å². The van der Waals surface area contributed by atoms with E-state index >= 15 is 0 Å². The molecule has 4 fully saturated rings. The summed E-state index contributed by atoms with van der Waals surface area (Å²) in [5.74, 6) is 0.938. The number of H-pyrrole nitrogens is 1. The van der Waals surface area contributed by atoms with Crippen LogP contribution in [0.4, 0.5) is 10.5 Å². The van der Waals surface area contributed by atoms with Crippen molar-refractivity contribution in [1.29, 1.82) is 0 Å². The lowest BCUT2D eigenvalue weighted by molar-refractivity contribution is -0.139. The van der Waals surface area contributed by atoms with Crippen LogP contribution in [0.15, 0.2) is 36.2 Å². The molecule has 0 radical (unpaired) electrons. The van der Waals surface area contributed by atoms with Gasteiger partial charge in [-0.25, -0.2) is 23.9 Å². The second kappa shape index (κ2) is 18.9. The van der Waals surface area contributed by atoms with Crippen molar-refractivity contribution in [2.24, 2.45) is 23.2 Å². The van der Waals surface area contributed by atoms with Crippen LogP contribution in [0.3, 0.4) is 0 Å². The molecule has 1 aliphatic heterocycles. The third-order valence-corrected chi connectivity index (χ3v) is 14.3. The minimum atomic E-state index is -0.651. The Hall–Kier alpha value is -4.86. The molecule has 4 aliphatic rings. The largest absolute Gasteiger partial charge is 0.488 e. The van der Waals surface area contributed by atoms with Crippen molar-refractivity contribution in [2.75, 3.05) is 0 Å². The van der Waals surface area contributed by atoms with Crippen LogP contribution in [-0.2, 0) is 9.53 Å². The number of amides is 2. The highest BCUT2D eigenvalue weighted by Gasteiger charge is 2.46. The Bertz CT molecular complexity index is 2130. The molecular weight excluding hydrogens is 783 g/mol. The van der Waals surface area contributed by atoms with E-state index in [4.69, 9.17) is 25.8 Å². The number of hydrogen-bond acceptors (Lipinski definition) is 8. The first kappa shape index (κ1) is 45.2. The SMILES string of the molecule is [C-]#[N+]c1c(C(=O)OC2C(C=C(C)C)CC(C)CC2C(C)(C)C)c2nc(C3CCC(Oc4ccncc4)C(N(C(C)=O)C4CCCCC4)C3)[nH]n2c1OC(=O)N1C(C)CCCC1C. The average Bonchev–Trinajstić information content (AvgIpc) is 3.77. The summed E-state index contributed by atoms with van der Waals surface area (Å²) in [6.45, 7) is 27.1. The molecule has 3 aromatic rings. The van der Waals surface area contributed by atoms with Crippen LogP contribution in [0, 0.1) is 29.7 Å². The molecule has 62 heavy (non-hydrogen) atoms. The van der Waals surface area contributed by atoms with Crippen molar-refractivity contribution < 1.29 is 28.6 Å². The number of rotatable bonds is 9. The molecule has 1 saturated heterocycles. The Morgan fingerprint density at radius 3 is 2.24 bits per heavy atom. The van der Waals surface area contributed by atoms with Crippen LogP contribution in [0.5, 0.6) is 11.6 Å². The summed E-state index contributed by atoms with van der Waals surface area (Å²) in [6.07, 6.45) is 16.0. The molecule has 3 aromatic heterocycles. The molecule has 0 bridgehead atoms. The molecule has 9 unspecified atom stereocenters. The quantitative estimate of drug-likeness (QED) is 0.128. The third-order valence-electron chi connectivity index (χ3n) is 14.3. The first-order chi connectivity index (χ1) is 29.5. The highest BCUT2D eigenvalue weighted by atomic mass is 16.6. The van der Waals surface area contributed by atoms with Gasteiger partial charge in [0.2, 0.25) is 11.8 Å². The van der Waals surface area contributed by atoms with Gasteiger partial charge in [-0.2, -0.15) is 0 Å². The van der Waals surface area contributed by atoms with Gasteiger partial charge in [0, 0.05) is 55.2 Å². The van der Waals surface area contributed by atoms with Crippen LogP contribution in [-0.4, -0.2) is 83.7 Å². The number of allylic oxidation sites excluding steroid dienone is 1. The molecule has 1 N–H and O–H groups in total. The number of nitrogens with one attached hydrogen (secondary N) is 1. The zero-order chi connectivity index (χ0) is 44.5. The Labute approximate surface area is 368 Å². The van der Waals surface area contributed by atoms with Crippen LogP contribution in [0.2, 0.25) is 0 Å². The number of likely N-dealkylation sites (tertiary alicyclic amines) is 1. The number of aromatic nitrogens is 4. The van der Waals surface area contributed by atoms with Gasteiger partial charge in [0.25, 0.3) is 5.69 Å². The van der Waals surface area contributed by atoms with Gasteiger partial charge in [-0.15, -0.1) is 0 Å². The maximum Gasteiger partial charge on any atom is 0.415 e. The molecule has 13 heteroatoms. The maximum absolute atomic E-state index is 14.9. The number of piperidine rings is 1. The lowest BCUT2D eigenvalue weighted by atomic mass is 9.64. The number of ether oxygens (including phenoxy) is 3. The molecule has 7 rings (SSSR count). The average molecular weight is 852 g/mol. The van der Waals surface area contributed by atoms with Gasteiger partial charge in [-0.05, 0) is 115 Å². The lowest BCUT2D eigenvalue weighted by Gasteiger charge is -2.46. The van der Waals surface area contributed by atoms with Crippen LogP contribution >= 0.6 is 0 Å². The van der Waals surface area contributed by atoms with E-state index in [9.17, 15) is 14.4 Å². The molecule has 13 nitrogen and oxygen atoms in total. The fraction of sp³-hybridized carbons (Fsp3) is 0.673. The first-order valence-electron chi connectivity index (χ1n) is 23.3. The van der Waals surface area contributed by atoms with E-state index in [-0.39, 0.29) is 82.1 Å². The summed E-state index contributed by atoms with van der Waals surface area (Å²) in [4.78, 5) is 59.7. The summed E-state index contributed by atoms with van der Waals surface area (Å²) in [5.41, 5.74) is 1.08. The zero-order valence-electron chi connectivity index (χ0n) is 38.5. The van der Waals surface area contributed by atoms with Gasteiger partial charge < -0.3 is 24.0 Å². The van der Waals surface area contributed by atoms with Gasteiger partial charge in [0.15, 0.2) is 5.65 Å². The number of aromatic amines is 1. The number of carbonyl (C=O) groups is 3. The number of hydrogen-bond donors (Lipinski definition) is 1. The lowest BCUT2D eigenvalue weighted by Crippen LogP contribution is -2.55. The number of esters is 1. The van der Waals surface area contributed by atoms with Gasteiger partial charge in [0.05, 0.1) is 12.6 Å². The van der Waals surface area contributed by atoms with Crippen molar-refractivity contribution in [3.63, 3.8) is 0 Å². The van der Waals surface area contributed by atoms with Crippen molar-refractivity contribution in [1.82, 2.24) is 29.4 Å².